The van der Waals surface area contributed by atoms with Crippen molar-refractivity contribution in [1.82, 2.24) is 19.9 Å². The van der Waals surface area contributed by atoms with E-state index >= 15 is 0 Å². The first kappa shape index (κ1) is 26.9. The van der Waals surface area contributed by atoms with E-state index in [1.165, 1.54) is 0 Å². The molecule has 2 aliphatic heterocycles. The Morgan fingerprint density at radius 2 is 1.10 bits per heavy atom. The Hall–Kier alpha value is -4.69. The summed E-state index contributed by atoms with van der Waals surface area (Å²) in [6.07, 6.45) is 9.75. The molecule has 4 aromatic rings. The van der Waals surface area contributed by atoms with Gasteiger partial charge in [-0.2, -0.15) is 0 Å². The zero-order valence-electron chi connectivity index (χ0n) is 21.9. The van der Waals surface area contributed by atoms with E-state index in [4.69, 9.17) is 11.6 Å². The minimum atomic E-state index is -0.0368. The van der Waals surface area contributed by atoms with Gasteiger partial charge in [0.1, 0.15) is 16.8 Å². The van der Waals surface area contributed by atoms with Crippen LogP contribution in [0.4, 0.5) is 11.6 Å². The number of hydrogen-bond donors (Lipinski definition) is 2. The fourth-order valence-corrected chi connectivity index (χ4v) is 4.57. The summed E-state index contributed by atoms with van der Waals surface area (Å²) in [5.41, 5.74) is 4.93. The van der Waals surface area contributed by atoms with E-state index in [0.717, 1.165) is 34.4 Å². The highest BCUT2D eigenvalue weighted by molar-refractivity contribution is 6.30. The average molecular weight is 551 g/mol. The second-order valence-electron chi connectivity index (χ2n) is 9.28. The van der Waals surface area contributed by atoms with Crippen LogP contribution in [0, 0.1) is 6.92 Å². The summed E-state index contributed by atoms with van der Waals surface area (Å²) in [5.74, 6) is 2.27. The number of aryl methyl sites for hydroxylation is 1. The van der Waals surface area contributed by atoms with Crippen molar-refractivity contribution in [1.29, 1.82) is 0 Å². The third-order valence-electron chi connectivity index (χ3n) is 6.37. The predicted octanol–water partition coefficient (Wildman–Crippen LogP) is 6.03. The fraction of sp³-hybridized carbons (Fsp3) is 0.161. The Kier molecular flexibility index (Phi) is 8.37. The van der Waals surface area contributed by atoms with Crippen molar-refractivity contribution < 1.29 is 9.59 Å². The lowest BCUT2D eigenvalue weighted by atomic mass is 10.1. The van der Waals surface area contributed by atoms with Gasteiger partial charge in [-0.05, 0) is 43.0 Å². The lowest BCUT2D eigenvalue weighted by molar-refractivity contribution is -0.117. The largest absolute Gasteiger partial charge is 0.310 e. The van der Waals surface area contributed by atoms with Crippen LogP contribution < -0.4 is 10.6 Å². The Balaban J connectivity index is 0.000000161. The van der Waals surface area contributed by atoms with Gasteiger partial charge < -0.3 is 10.6 Å². The summed E-state index contributed by atoms with van der Waals surface area (Å²) in [4.78, 5) is 40.3. The number of anilines is 2. The van der Waals surface area contributed by atoms with E-state index in [2.05, 4.69) is 30.6 Å². The number of nitrogens with one attached hydrogen (secondary N) is 2. The number of rotatable bonds is 4. The van der Waals surface area contributed by atoms with Gasteiger partial charge in [0, 0.05) is 29.7 Å². The first-order valence-corrected chi connectivity index (χ1v) is 13.3. The Labute approximate surface area is 237 Å². The maximum atomic E-state index is 11.4. The molecule has 4 heterocycles. The molecule has 2 aromatic heterocycles. The van der Waals surface area contributed by atoms with Gasteiger partial charge in [-0.3, -0.25) is 9.59 Å². The topological polar surface area (TPSA) is 110 Å². The number of carbonyl (C=O) groups excluding carboxylic acids is 2. The van der Waals surface area contributed by atoms with Gasteiger partial charge >= 0.3 is 0 Å². The summed E-state index contributed by atoms with van der Waals surface area (Å²) < 4.78 is 0. The molecule has 2 N–H and O–H groups in total. The molecule has 0 bridgehead atoms. The summed E-state index contributed by atoms with van der Waals surface area (Å²) in [6, 6.07) is 19.8. The van der Waals surface area contributed by atoms with E-state index < -0.39 is 0 Å². The van der Waals surface area contributed by atoms with Crippen molar-refractivity contribution in [3.8, 4) is 0 Å². The highest BCUT2D eigenvalue weighted by Crippen LogP contribution is 2.27. The molecular formula is C31H27ClN6O2. The van der Waals surface area contributed by atoms with Crippen molar-refractivity contribution in [2.75, 3.05) is 10.6 Å². The van der Waals surface area contributed by atoms with Gasteiger partial charge in [-0.15, -0.1) is 0 Å². The molecule has 6 rings (SSSR count). The molecule has 0 saturated carbocycles. The summed E-state index contributed by atoms with van der Waals surface area (Å²) in [5, 5.41) is 5.95. The highest BCUT2D eigenvalue weighted by atomic mass is 35.5. The maximum Gasteiger partial charge on any atom is 0.225 e. The minimum absolute atomic E-state index is 0.0218. The van der Waals surface area contributed by atoms with E-state index in [9.17, 15) is 9.59 Å². The number of halogens is 1. The zero-order chi connectivity index (χ0) is 27.9. The molecule has 0 atom stereocenters. The van der Waals surface area contributed by atoms with Crippen LogP contribution >= 0.6 is 11.6 Å². The normalized spacial score (nSPS) is 14.2. The molecule has 40 heavy (non-hydrogen) atoms. The smallest absolute Gasteiger partial charge is 0.225 e. The van der Waals surface area contributed by atoms with Crippen LogP contribution in [0.1, 0.15) is 52.4 Å². The number of amides is 2. The van der Waals surface area contributed by atoms with Crippen molar-refractivity contribution in [2.24, 2.45) is 0 Å². The Morgan fingerprint density at radius 1 is 0.625 bits per heavy atom. The van der Waals surface area contributed by atoms with Gasteiger partial charge in [0.2, 0.25) is 11.8 Å². The standard InChI is InChI=1S/C16H15N3O.C15H12ClN3O/c1-11-13-8-10-15(20)19-16(13)18-14(17-11)9-7-12-5-3-2-4-6-12;16-14-11-7-9-13(20)19-15(11)18-12(17-14)8-6-10-4-2-1-3-5-10/h2-7,9H,8,10H2,1H3,(H,17,18,19,20);1-6,8H,7,9H2,(H,17,18,19,20). The van der Waals surface area contributed by atoms with Crippen LogP contribution in [0.3, 0.4) is 0 Å². The van der Waals surface area contributed by atoms with Crippen LogP contribution in [0.5, 0.6) is 0 Å². The molecule has 200 valence electrons. The predicted molar refractivity (Wildman–Crippen MR) is 158 cm³/mol. The lowest BCUT2D eigenvalue weighted by Gasteiger charge is -2.17. The Morgan fingerprint density at radius 3 is 1.65 bits per heavy atom. The van der Waals surface area contributed by atoms with Crippen molar-refractivity contribution >= 4 is 59.4 Å². The molecule has 0 unspecified atom stereocenters. The van der Waals surface area contributed by atoms with E-state index in [1.54, 1.807) is 6.08 Å². The average Bonchev–Trinajstić information content (AvgIpc) is 2.96. The van der Waals surface area contributed by atoms with Gasteiger partial charge in [0.25, 0.3) is 0 Å². The molecule has 0 fully saturated rings. The number of hydrogen-bond acceptors (Lipinski definition) is 6. The molecule has 0 saturated heterocycles. The van der Waals surface area contributed by atoms with Crippen molar-refractivity contribution in [3.05, 3.63) is 105 Å². The quantitative estimate of drug-likeness (QED) is 0.300. The maximum absolute atomic E-state index is 11.4. The van der Waals surface area contributed by atoms with Gasteiger partial charge in [-0.25, -0.2) is 19.9 Å². The molecule has 8 nitrogen and oxygen atoms in total. The lowest BCUT2D eigenvalue weighted by Crippen LogP contribution is -2.22. The zero-order valence-corrected chi connectivity index (χ0v) is 22.7. The van der Waals surface area contributed by atoms with Gasteiger partial charge in [0.05, 0.1) is 0 Å². The van der Waals surface area contributed by atoms with Crippen LogP contribution in [-0.2, 0) is 22.4 Å². The highest BCUT2D eigenvalue weighted by Gasteiger charge is 2.20. The van der Waals surface area contributed by atoms with E-state index in [0.29, 0.717) is 47.7 Å². The second-order valence-corrected chi connectivity index (χ2v) is 9.64. The third-order valence-corrected chi connectivity index (χ3v) is 6.69. The molecule has 0 aliphatic carbocycles. The van der Waals surface area contributed by atoms with Crippen LogP contribution in [-0.4, -0.2) is 31.8 Å². The summed E-state index contributed by atoms with van der Waals surface area (Å²) in [7, 11) is 0. The van der Waals surface area contributed by atoms with Crippen LogP contribution in [0.25, 0.3) is 24.3 Å². The fourth-order valence-electron chi connectivity index (χ4n) is 4.30. The van der Waals surface area contributed by atoms with Crippen LogP contribution in [0.15, 0.2) is 60.7 Å². The second kappa shape index (κ2) is 12.4. The van der Waals surface area contributed by atoms with Gasteiger partial charge in [-0.1, -0.05) is 84.4 Å². The number of benzene rings is 2. The first-order valence-electron chi connectivity index (χ1n) is 12.9. The van der Waals surface area contributed by atoms with E-state index in [1.807, 2.05) is 85.8 Å². The van der Waals surface area contributed by atoms with Crippen LogP contribution in [0.2, 0.25) is 5.15 Å². The minimum Gasteiger partial charge on any atom is -0.310 e. The van der Waals surface area contributed by atoms with E-state index in [-0.39, 0.29) is 11.8 Å². The van der Waals surface area contributed by atoms with Crippen molar-refractivity contribution in [3.63, 3.8) is 0 Å². The Bertz CT molecular complexity index is 1480. The molecule has 2 aliphatic rings. The molecule has 2 amide bonds. The number of fused-ring (bicyclic) bond motifs is 2. The molecular weight excluding hydrogens is 524 g/mol. The molecule has 0 radical (unpaired) electrons. The molecule has 9 heteroatoms. The monoisotopic (exact) mass is 550 g/mol. The SMILES string of the molecule is Cc1nc(C=Cc2ccccc2)nc2c1CCC(=O)N2.O=C1CCc2c(Cl)nc(C=Cc3ccccc3)nc2N1. The summed E-state index contributed by atoms with van der Waals surface area (Å²) in [6.45, 7) is 1.96. The van der Waals surface area contributed by atoms with Crippen molar-refractivity contribution in [2.45, 2.75) is 32.6 Å². The summed E-state index contributed by atoms with van der Waals surface area (Å²) >= 11 is 6.14. The number of carbonyl (C=O) groups is 2. The first-order chi connectivity index (χ1) is 19.4. The number of nitrogens with zero attached hydrogens (tertiary/aromatic N) is 4. The third kappa shape index (κ3) is 6.84. The molecule has 2 aromatic carbocycles. The van der Waals surface area contributed by atoms with Gasteiger partial charge in [0.15, 0.2) is 11.6 Å². The molecule has 0 spiro atoms. The number of aromatic nitrogens is 4.